The molecule has 2 rings (SSSR count). The highest BCUT2D eigenvalue weighted by Crippen LogP contribution is 2.22. The van der Waals surface area contributed by atoms with Crippen LogP contribution in [-0.2, 0) is 10.0 Å². The van der Waals surface area contributed by atoms with E-state index in [9.17, 15) is 13.5 Å². The van der Waals surface area contributed by atoms with E-state index in [2.05, 4.69) is 13.8 Å². The SMILES string of the molecule is CC(C)c1ccc(S(=O)(=O)N2CCC(O)CC2)cc1. The topological polar surface area (TPSA) is 57.6 Å². The van der Waals surface area contributed by atoms with Crippen LogP contribution in [0.5, 0.6) is 0 Å². The first-order valence-corrected chi connectivity index (χ1v) is 8.13. The number of hydrogen-bond acceptors (Lipinski definition) is 3. The van der Waals surface area contributed by atoms with E-state index in [0.717, 1.165) is 5.56 Å². The van der Waals surface area contributed by atoms with E-state index in [1.807, 2.05) is 12.1 Å². The molecule has 0 saturated carbocycles. The van der Waals surface area contributed by atoms with Crippen LogP contribution < -0.4 is 0 Å². The van der Waals surface area contributed by atoms with Crippen molar-refractivity contribution in [1.29, 1.82) is 0 Å². The van der Waals surface area contributed by atoms with Crippen molar-refractivity contribution in [2.75, 3.05) is 13.1 Å². The zero-order valence-corrected chi connectivity index (χ0v) is 12.2. The Bertz CT molecular complexity index is 514. The van der Waals surface area contributed by atoms with Gasteiger partial charge in [-0.05, 0) is 36.5 Å². The number of piperidine rings is 1. The van der Waals surface area contributed by atoms with Crippen molar-refractivity contribution in [1.82, 2.24) is 4.31 Å². The summed E-state index contributed by atoms with van der Waals surface area (Å²) in [6.07, 6.45) is 0.668. The lowest BCUT2D eigenvalue weighted by molar-refractivity contribution is 0.113. The van der Waals surface area contributed by atoms with Gasteiger partial charge in [0.25, 0.3) is 0 Å². The molecule has 1 heterocycles. The summed E-state index contributed by atoms with van der Waals surface area (Å²) in [6.45, 7) is 4.95. The minimum Gasteiger partial charge on any atom is -0.393 e. The van der Waals surface area contributed by atoms with Gasteiger partial charge >= 0.3 is 0 Å². The quantitative estimate of drug-likeness (QED) is 0.922. The average molecular weight is 283 g/mol. The molecule has 1 aliphatic heterocycles. The van der Waals surface area contributed by atoms with Gasteiger partial charge in [0.2, 0.25) is 10.0 Å². The molecule has 1 aromatic carbocycles. The molecule has 5 heteroatoms. The lowest BCUT2D eigenvalue weighted by atomic mass is 10.0. The van der Waals surface area contributed by atoms with E-state index < -0.39 is 10.0 Å². The highest BCUT2D eigenvalue weighted by molar-refractivity contribution is 7.89. The standard InChI is InChI=1S/C14H21NO3S/c1-11(2)12-3-5-14(6-4-12)19(17,18)15-9-7-13(16)8-10-15/h3-6,11,13,16H,7-10H2,1-2H3. The van der Waals surface area contributed by atoms with E-state index in [-0.39, 0.29) is 6.10 Å². The number of aliphatic hydroxyl groups excluding tert-OH is 1. The molecule has 1 N–H and O–H groups in total. The van der Waals surface area contributed by atoms with Gasteiger partial charge < -0.3 is 5.11 Å². The van der Waals surface area contributed by atoms with Gasteiger partial charge in [-0.15, -0.1) is 0 Å². The van der Waals surface area contributed by atoms with Crippen LogP contribution in [0.15, 0.2) is 29.2 Å². The fourth-order valence-corrected chi connectivity index (χ4v) is 3.73. The van der Waals surface area contributed by atoms with E-state index in [1.54, 1.807) is 12.1 Å². The Morgan fingerprint density at radius 2 is 1.68 bits per heavy atom. The highest BCUT2D eigenvalue weighted by Gasteiger charge is 2.28. The second-order valence-electron chi connectivity index (χ2n) is 5.36. The maximum atomic E-state index is 12.4. The van der Waals surface area contributed by atoms with Crippen LogP contribution in [0.1, 0.15) is 38.2 Å². The molecule has 0 aromatic heterocycles. The third kappa shape index (κ3) is 3.16. The molecule has 1 saturated heterocycles. The number of hydrogen-bond donors (Lipinski definition) is 1. The molecule has 0 unspecified atom stereocenters. The summed E-state index contributed by atoms with van der Waals surface area (Å²) in [5, 5.41) is 9.44. The molecule has 19 heavy (non-hydrogen) atoms. The number of benzene rings is 1. The third-order valence-electron chi connectivity index (χ3n) is 3.61. The molecule has 1 aromatic rings. The first-order valence-electron chi connectivity index (χ1n) is 6.69. The lowest BCUT2D eigenvalue weighted by Gasteiger charge is -2.28. The summed E-state index contributed by atoms with van der Waals surface area (Å²) in [5.74, 6) is 0.391. The van der Waals surface area contributed by atoms with Crippen LogP contribution in [-0.4, -0.2) is 37.0 Å². The Hall–Kier alpha value is -0.910. The third-order valence-corrected chi connectivity index (χ3v) is 5.52. The number of nitrogens with zero attached hydrogens (tertiary/aromatic N) is 1. The summed E-state index contributed by atoms with van der Waals surface area (Å²) >= 11 is 0. The Balaban J connectivity index is 2.19. The average Bonchev–Trinajstić information content (AvgIpc) is 2.39. The summed E-state index contributed by atoms with van der Waals surface area (Å²) in [4.78, 5) is 0.341. The second kappa shape index (κ2) is 5.61. The minimum atomic E-state index is -3.41. The normalized spacial score (nSPS) is 18.9. The van der Waals surface area contributed by atoms with Crippen LogP contribution in [0.4, 0.5) is 0 Å². The van der Waals surface area contributed by atoms with E-state index >= 15 is 0 Å². The molecule has 1 fully saturated rings. The molecule has 0 spiro atoms. The van der Waals surface area contributed by atoms with Crippen molar-refractivity contribution in [3.8, 4) is 0 Å². The van der Waals surface area contributed by atoms with Gasteiger partial charge in [-0.2, -0.15) is 4.31 Å². The molecule has 4 nitrogen and oxygen atoms in total. The summed E-state index contributed by atoms with van der Waals surface area (Å²) in [6, 6.07) is 7.10. The second-order valence-corrected chi connectivity index (χ2v) is 7.30. The Kier molecular flexibility index (Phi) is 4.28. The van der Waals surface area contributed by atoms with Gasteiger partial charge in [-0.3, -0.25) is 0 Å². The van der Waals surface area contributed by atoms with Crippen LogP contribution in [0.2, 0.25) is 0 Å². The van der Waals surface area contributed by atoms with Crippen molar-refractivity contribution in [2.24, 2.45) is 0 Å². The van der Waals surface area contributed by atoms with Crippen LogP contribution in [0.3, 0.4) is 0 Å². The largest absolute Gasteiger partial charge is 0.393 e. The smallest absolute Gasteiger partial charge is 0.243 e. The van der Waals surface area contributed by atoms with E-state index in [0.29, 0.717) is 36.7 Å². The Morgan fingerprint density at radius 3 is 2.16 bits per heavy atom. The number of aliphatic hydroxyl groups is 1. The highest BCUT2D eigenvalue weighted by atomic mass is 32.2. The summed E-state index contributed by atoms with van der Waals surface area (Å²) in [5.41, 5.74) is 1.13. The van der Waals surface area contributed by atoms with Gasteiger partial charge in [0, 0.05) is 13.1 Å². The monoisotopic (exact) mass is 283 g/mol. The van der Waals surface area contributed by atoms with Crippen LogP contribution in [0, 0.1) is 0 Å². The maximum absolute atomic E-state index is 12.4. The predicted octanol–water partition coefficient (Wildman–Crippen LogP) is 1.96. The van der Waals surface area contributed by atoms with Gasteiger partial charge in [0.15, 0.2) is 0 Å². The van der Waals surface area contributed by atoms with Gasteiger partial charge in [-0.1, -0.05) is 26.0 Å². The molecule has 106 valence electrons. The molecule has 0 aliphatic carbocycles. The lowest BCUT2D eigenvalue weighted by Crippen LogP contribution is -2.39. The minimum absolute atomic E-state index is 0.341. The first kappa shape index (κ1) is 14.5. The fourth-order valence-electron chi connectivity index (χ4n) is 2.26. The van der Waals surface area contributed by atoms with Crippen LogP contribution >= 0.6 is 0 Å². The van der Waals surface area contributed by atoms with Crippen LogP contribution in [0.25, 0.3) is 0 Å². The number of rotatable bonds is 3. The van der Waals surface area contributed by atoms with Gasteiger partial charge in [0.1, 0.15) is 0 Å². The summed E-state index contributed by atoms with van der Waals surface area (Å²) < 4.78 is 26.3. The predicted molar refractivity (Wildman–Crippen MR) is 74.5 cm³/mol. The van der Waals surface area contributed by atoms with Gasteiger partial charge in [0.05, 0.1) is 11.0 Å². The van der Waals surface area contributed by atoms with Crippen molar-refractivity contribution < 1.29 is 13.5 Å². The summed E-state index contributed by atoms with van der Waals surface area (Å²) in [7, 11) is -3.41. The molecule has 0 bridgehead atoms. The van der Waals surface area contributed by atoms with Crippen molar-refractivity contribution in [3.05, 3.63) is 29.8 Å². The van der Waals surface area contributed by atoms with Crippen molar-refractivity contribution >= 4 is 10.0 Å². The zero-order chi connectivity index (χ0) is 14.0. The molecular weight excluding hydrogens is 262 g/mol. The molecule has 0 radical (unpaired) electrons. The Morgan fingerprint density at radius 1 is 1.16 bits per heavy atom. The maximum Gasteiger partial charge on any atom is 0.243 e. The first-order chi connectivity index (χ1) is 8.91. The van der Waals surface area contributed by atoms with Gasteiger partial charge in [-0.25, -0.2) is 8.42 Å². The molecule has 0 amide bonds. The number of sulfonamides is 1. The van der Waals surface area contributed by atoms with E-state index in [4.69, 9.17) is 0 Å². The molecule has 1 aliphatic rings. The fraction of sp³-hybridized carbons (Fsp3) is 0.571. The van der Waals surface area contributed by atoms with Crippen molar-refractivity contribution in [3.63, 3.8) is 0 Å². The molecule has 0 atom stereocenters. The zero-order valence-electron chi connectivity index (χ0n) is 11.4. The van der Waals surface area contributed by atoms with E-state index in [1.165, 1.54) is 4.31 Å². The Labute approximate surface area is 115 Å². The molecular formula is C14H21NO3S. The van der Waals surface area contributed by atoms with Crippen molar-refractivity contribution in [2.45, 2.75) is 43.6 Å².